The third kappa shape index (κ3) is 4.26. The molecule has 1 aromatic carbocycles. The highest BCUT2D eigenvalue weighted by molar-refractivity contribution is 7.86. The van der Waals surface area contributed by atoms with E-state index in [1.807, 2.05) is 0 Å². The van der Waals surface area contributed by atoms with Gasteiger partial charge in [-0.3, -0.25) is 4.18 Å². The van der Waals surface area contributed by atoms with Gasteiger partial charge < -0.3 is 4.74 Å². The molecular formula is C13H17FO4S. The lowest BCUT2D eigenvalue weighted by molar-refractivity contribution is 0.0196. The van der Waals surface area contributed by atoms with E-state index in [4.69, 9.17) is 8.92 Å². The SMILES string of the molecule is CS(=O)(=O)OC(c1ccc(F)cc1)C1CCOCC1. The molecule has 0 radical (unpaired) electrons. The van der Waals surface area contributed by atoms with Crippen LogP contribution < -0.4 is 0 Å². The highest BCUT2D eigenvalue weighted by Gasteiger charge is 2.29. The third-order valence-electron chi connectivity index (χ3n) is 3.17. The lowest BCUT2D eigenvalue weighted by atomic mass is 9.89. The largest absolute Gasteiger partial charge is 0.381 e. The summed E-state index contributed by atoms with van der Waals surface area (Å²) in [6, 6.07) is 5.77. The first-order valence-corrected chi connectivity index (χ1v) is 7.99. The van der Waals surface area contributed by atoms with Crippen LogP contribution in [0.4, 0.5) is 4.39 Å². The van der Waals surface area contributed by atoms with Gasteiger partial charge >= 0.3 is 0 Å². The molecule has 0 spiro atoms. The number of ether oxygens (including phenoxy) is 1. The smallest absolute Gasteiger partial charge is 0.264 e. The molecule has 1 fully saturated rings. The Morgan fingerprint density at radius 1 is 1.26 bits per heavy atom. The van der Waals surface area contributed by atoms with Crippen LogP contribution in [0.15, 0.2) is 24.3 Å². The van der Waals surface area contributed by atoms with Crippen LogP contribution in [0, 0.1) is 11.7 Å². The van der Waals surface area contributed by atoms with E-state index < -0.39 is 16.2 Å². The van der Waals surface area contributed by atoms with Crippen molar-refractivity contribution in [2.24, 2.45) is 5.92 Å². The Balaban J connectivity index is 2.24. The minimum Gasteiger partial charge on any atom is -0.381 e. The molecule has 0 bridgehead atoms. The number of hydrogen-bond donors (Lipinski definition) is 0. The second-order valence-corrected chi connectivity index (χ2v) is 6.32. The van der Waals surface area contributed by atoms with Crippen molar-refractivity contribution in [2.45, 2.75) is 18.9 Å². The first-order chi connectivity index (χ1) is 8.96. The van der Waals surface area contributed by atoms with E-state index in [1.54, 1.807) is 12.1 Å². The first-order valence-electron chi connectivity index (χ1n) is 6.17. The highest BCUT2D eigenvalue weighted by Crippen LogP contribution is 2.34. The Bertz CT molecular complexity index is 506. The van der Waals surface area contributed by atoms with Crippen LogP contribution in [0.1, 0.15) is 24.5 Å². The molecule has 1 aliphatic rings. The average Bonchev–Trinajstić information content (AvgIpc) is 2.37. The van der Waals surface area contributed by atoms with E-state index in [-0.39, 0.29) is 11.7 Å². The van der Waals surface area contributed by atoms with E-state index in [0.29, 0.717) is 18.8 Å². The average molecular weight is 288 g/mol. The molecule has 1 aromatic rings. The number of halogens is 1. The van der Waals surface area contributed by atoms with Crippen molar-refractivity contribution >= 4 is 10.1 Å². The van der Waals surface area contributed by atoms with Gasteiger partial charge in [-0.15, -0.1) is 0 Å². The van der Waals surface area contributed by atoms with Gasteiger partial charge in [0.25, 0.3) is 10.1 Å². The fourth-order valence-electron chi connectivity index (χ4n) is 2.27. The lowest BCUT2D eigenvalue weighted by Crippen LogP contribution is -2.25. The van der Waals surface area contributed by atoms with Crippen molar-refractivity contribution in [3.05, 3.63) is 35.6 Å². The van der Waals surface area contributed by atoms with E-state index in [0.717, 1.165) is 19.1 Å². The summed E-state index contributed by atoms with van der Waals surface area (Å²) < 4.78 is 46.2. The maximum absolute atomic E-state index is 13.0. The zero-order valence-electron chi connectivity index (χ0n) is 10.7. The van der Waals surface area contributed by atoms with E-state index in [9.17, 15) is 12.8 Å². The van der Waals surface area contributed by atoms with Crippen molar-refractivity contribution in [2.75, 3.05) is 19.5 Å². The van der Waals surface area contributed by atoms with Gasteiger partial charge in [0.2, 0.25) is 0 Å². The Kier molecular flexibility index (Phi) is 4.54. The third-order valence-corrected chi connectivity index (χ3v) is 3.73. The van der Waals surface area contributed by atoms with E-state index in [1.165, 1.54) is 12.1 Å². The van der Waals surface area contributed by atoms with Crippen LogP contribution in [0.3, 0.4) is 0 Å². The fraction of sp³-hybridized carbons (Fsp3) is 0.538. The molecule has 1 heterocycles. The zero-order chi connectivity index (χ0) is 13.9. The molecule has 0 saturated carbocycles. The maximum Gasteiger partial charge on any atom is 0.264 e. The highest BCUT2D eigenvalue weighted by atomic mass is 32.2. The van der Waals surface area contributed by atoms with Crippen LogP contribution in [-0.2, 0) is 19.0 Å². The van der Waals surface area contributed by atoms with Crippen LogP contribution in [0.5, 0.6) is 0 Å². The molecular weight excluding hydrogens is 271 g/mol. The van der Waals surface area contributed by atoms with E-state index >= 15 is 0 Å². The van der Waals surface area contributed by atoms with Crippen molar-refractivity contribution in [3.63, 3.8) is 0 Å². The van der Waals surface area contributed by atoms with Gasteiger partial charge in [0.05, 0.1) is 6.26 Å². The summed E-state index contributed by atoms with van der Waals surface area (Å²) in [5, 5.41) is 0. The monoisotopic (exact) mass is 288 g/mol. The summed E-state index contributed by atoms with van der Waals surface area (Å²) in [5.74, 6) is -0.289. The summed E-state index contributed by atoms with van der Waals surface area (Å²) in [4.78, 5) is 0. The molecule has 0 N–H and O–H groups in total. The predicted molar refractivity (Wildman–Crippen MR) is 68.6 cm³/mol. The van der Waals surface area contributed by atoms with Crippen molar-refractivity contribution < 1.29 is 21.7 Å². The summed E-state index contributed by atoms with van der Waals surface area (Å²) in [6.07, 6.45) is 1.93. The molecule has 1 saturated heterocycles. The standard InChI is InChI=1S/C13H17FO4S/c1-19(15,16)18-13(11-6-8-17-9-7-11)10-2-4-12(14)5-3-10/h2-5,11,13H,6-9H2,1H3. The quantitative estimate of drug-likeness (QED) is 0.798. The molecule has 2 rings (SSSR count). The fourth-order valence-corrected chi connectivity index (χ4v) is 2.91. The van der Waals surface area contributed by atoms with Gasteiger partial charge in [-0.2, -0.15) is 8.42 Å². The summed E-state index contributed by atoms with van der Waals surface area (Å²) in [7, 11) is -3.57. The first kappa shape index (κ1) is 14.4. The molecule has 1 unspecified atom stereocenters. The summed E-state index contributed by atoms with van der Waals surface area (Å²) in [6.45, 7) is 1.19. The molecule has 19 heavy (non-hydrogen) atoms. The van der Waals surface area contributed by atoms with Gasteiger partial charge in [-0.1, -0.05) is 12.1 Å². The van der Waals surface area contributed by atoms with Gasteiger partial charge in [0, 0.05) is 13.2 Å². The second kappa shape index (κ2) is 5.98. The predicted octanol–water partition coefficient (Wildman–Crippen LogP) is 2.27. The summed E-state index contributed by atoms with van der Waals surface area (Å²) >= 11 is 0. The van der Waals surface area contributed by atoms with Gasteiger partial charge in [-0.05, 0) is 36.5 Å². The number of rotatable bonds is 4. The molecule has 0 aliphatic carbocycles. The minimum atomic E-state index is -3.57. The molecule has 6 heteroatoms. The molecule has 0 amide bonds. The van der Waals surface area contributed by atoms with Crippen molar-refractivity contribution in [1.82, 2.24) is 0 Å². The molecule has 4 nitrogen and oxygen atoms in total. The van der Waals surface area contributed by atoms with Gasteiger partial charge in [0.15, 0.2) is 0 Å². The van der Waals surface area contributed by atoms with Crippen molar-refractivity contribution in [3.8, 4) is 0 Å². The number of hydrogen-bond acceptors (Lipinski definition) is 4. The molecule has 106 valence electrons. The van der Waals surface area contributed by atoms with E-state index in [2.05, 4.69) is 0 Å². The van der Waals surface area contributed by atoms with Crippen LogP contribution in [0.2, 0.25) is 0 Å². The zero-order valence-corrected chi connectivity index (χ0v) is 11.5. The molecule has 1 aliphatic heterocycles. The Labute approximate surface area is 112 Å². The Morgan fingerprint density at radius 2 is 1.84 bits per heavy atom. The number of benzene rings is 1. The topological polar surface area (TPSA) is 52.6 Å². The van der Waals surface area contributed by atoms with Gasteiger partial charge in [-0.25, -0.2) is 4.39 Å². The van der Waals surface area contributed by atoms with Crippen LogP contribution >= 0.6 is 0 Å². The Morgan fingerprint density at radius 3 is 2.37 bits per heavy atom. The second-order valence-electron chi connectivity index (χ2n) is 4.72. The van der Waals surface area contributed by atoms with Crippen LogP contribution in [0.25, 0.3) is 0 Å². The normalized spacial score (nSPS) is 19.3. The minimum absolute atomic E-state index is 0.0638. The van der Waals surface area contributed by atoms with Gasteiger partial charge in [0.1, 0.15) is 11.9 Å². The summed E-state index contributed by atoms with van der Waals surface area (Å²) in [5.41, 5.74) is 0.679. The molecule has 1 atom stereocenters. The maximum atomic E-state index is 13.0. The van der Waals surface area contributed by atoms with Crippen LogP contribution in [-0.4, -0.2) is 27.9 Å². The Hall–Kier alpha value is -0.980. The van der Waals surface area contributed by atoms with Crippen molar-refractivity contribution in [1.29, 1.82) is 0 Å². The lowest BCUT2D eigenvalue weighted by Gasteiger charge is -2.29. The molecule has 0 aromatic heterocycles.